The summed E-state index contributed by atoms with van der Waals surface area (Å²) in [5.41, 5.74) is 2.03. The number of amides is 1. The summed E-state index contributed by atoms with van der Waals surface area (Å²) < 4.78 is 14.1. The Morgan fingerprint density at radius 2 is 2.11 bits per heavy atom. The van der Waals surface area contributed by atoms with Gasteiger partial charge in [-0.05, 0) is 11.6 Å². The predicted octanol–water partition coefficient (Wildman–Crippen LogP) is 2.74. The van der Waals surface area contributed by atoms with Gasteiger partial charge in [0.05, 0.1) is 23.6 Å². The van der Waals surface area contributed by atoms with Gasteiger partial charge in [-0.3, -0.25) is 9.89 Å². The SMILES string of the molecule is CC(=O)N(C)n1ccc(Nc2cc3[nH]ncc3c(Cc3ccccc3F)n2)n1. The van der Waals surface area contributed by atoms with E-state index in [0.29, 0.717) is 29.3 Å². The Balaban J connectivity index is 1.65. The van der Waals surface area contributed by atoms with Gasteiger partial charge in [0.1, 0.15) is 11.6 Å². The Hall–Kier alpha value is -3.75. The molecule has 3 heterocycles. The van der Waals surface area contributed by atoms with E-state index in [0.717, 1.165) is 10.9 Å². The number of carbonyl (C=O) groups excluding carboxylic acids is 1. The number of aromatic amines is 1. The van der Waals surface area contributed by atoms with E-state index in [1.54, 1.807) is 49.8 Å². The number of hydrogen-bond donors (Lipinski definition) is 2. The van der Waals surface area contributed by atoms with Gasteiger partial charge in [-0.25, -0.2) is 14.4 Å². The molecule has 4 rings (SSSR count). The van der Waals surface area contributed by atoms with Gasteiger partial charge in [0, 0.05) is 37.9 Å². The molecular formula is C19H18FN7O. The molecule has 9 heteroatoms. The van der Waals surface area contributed by atoms with Crippen LogP contribution >= 0.6 is 0 Å². The number of H-pyrrole nitrogens is 1. The van der Waals surface area contributed by atoms with E-state index in [2.05, 4.69) is 25.6 Å². The zero-order valence-electron chi connectivity index (χ0n) is 15.3. The van der Waals surface area contributed by atoms with Gasteiger partial charge in [0.25, 0.3) is 0 Å². The molecule has 0 aliphatic heterocycles. The number of rotatable bonds is 5. The maximum absolute atomic E-state index is 14.1. The number of aromatic nitrogens is 5. The lowest BCUT2D eigenvalue weighted by molar-refractivity contribution is -0.117. The molecule has 0 unspecified atom stereocenters. The van der Waals surface area contributed by atoms with E-state index in [-0.39, 0.29) is 11.7 Å². The zero-order valence-corrected chi connectivity index (χ0v) is 15.3. The quantitative estimate of drug-likeness (QED) is 0.556. The van der Waals surface area contributed by atoms with Crippen LogP contribution in [-0.2, 0) is 11.2 Å². The van der Waals surface area contributed by atoms with Gasteiger partial charge in [0.15, 0.2) is 5.82 Å². The van der Waals surface area contributed by atoms with E-state index < -0.39 is 0 Å². The largest absolute Gasteiger partial charge is 0.323 e. The van der Waals surface area contributed by atoms with Crippen molar-refractivity contribution in [2.24, 2.45) is 0 Å². The number of halogens is 1. The highest BCUT2D eigenvalue weighted by molar-refractivity contribution is 5.84. The molecule has 2 N–H and O–H groups in total. The van der Waals surface area contributed by atoms with E-state index >= 15 is 0 Å². The highest BCUT2D eigenvalue weighted by atomic mass is 19.1. The van der Waals surface area contributed by atoms with Crippen LogP contribution in [0.5, 0.6) is 0 Å². The maximum atomic E-state index is 14.1. The lowest BCUT2D eigenvalue weighted by Crippen LogP contribution is -2.34. The molecule has 0 atom stereocenters. The Morgan fingerprint density at radius 3 is 2.89 bits per heavy atom. The molecule has 0 aliphatic rings. The van der Waals surface area contributed by atoms with Crippen LogP contribution in [0.4, 0.5) is 16.0 Å². The third-order valence-corrected chi connectivity index (χ3v) is 4.43. The van der Waals surface area contributed by atoms with Crippen LogP contribution in [-0.4, -0.2) is 38.0 Å². The van der Waals surface area contributed by atoms with E-state index in [1.165, 1.54) is 22.8 Å². The fourth-order valence-corrected chi connectivity index (χ4v) is 2.86. The van der Waals surface area contributed by atoms with Crippen molar-refractivity contribution in [2.75, 3.05) is 17.4 Å². The van der Waals surface area contributed by atoms with Crippen LogP contribution < -0.4 is 10.3 Å². The minimum absolute atomic E-state index is 0.140. The van der Waals surface area contributed by atoms with Gasteiger partial charge in [-0.1, -0.05) is 18.2 Å². The molecule has 0 radical (unpaired) electrons. The van der Waals surface area contributed by atoms with Gasteiger partial charge in [0.2, 0.25) is 5.91 Å². The summed E-state index contributed by atoms with van der Waals surface area (Å²) in [6, 6.07) is 10.2. The number of fused-ring (bicyclic) bond motifs is 1. The van der Waals surface area contributed by atoms with Crippen molar-refractivity contribution in [1.82, 2.24) is 25.1 Å². The molecule has 0 saturated carbocycles. The highest BCUT2D eigenvalue weighted by Crippen LogP contribution is 2.24. The number of hydrogen-bond acceptors (Lipinski definition) is 5. The van der Waals surface area contributed by atoms with Crippen molar-refractivity contribution in [3.63, 3.8) is 0 Å². The van der Waals surface area contributed by atoms with Crippen LogP contribution in [0, 0.1) is 5.82 Å². The third kappa shape index (κ3) is 3.41. The standard InChI is InChI=1S/C19H18FN7O/c1-12(28)26(2)27-8-7-18(25-27)23-19-10-17-14(11-21-24-17)16(22-19)9-13-5-3-4-6-15(13)20/h3-8,10-11H,9H2,1-2H3,(H,21,24)(H,22,23,25). The van der Waals surface area contributed by atoms with E-state index in [4.69, 9.17) is 0 Å². The first kappa shape index (κ1) is 17.7. The summed E-state index contributed by atoms with van der Waals surface area (Å²) in [5, 5.41) is 16.6. The topological polar surface area (TPSA) is 91.7 Å². The second kappa shape index (κ2) is 7.10. The van der Waals surface area contributed by atoms with Crippen molar-refractivity contribution in [3.8, 4) is 0 Å². The van der Waals surface area contributed by atoms with E-state index in [1.807, 2.05) is 0 Å². The smallest absolute Gasteiger partial charge is 0.239 e. The number of anilines is 2. The van der Waals surface area contributed by atoms with Crippen LogP contribution in [0.3, 0.4) is 0 Å². The first-order valence-electron chi connectivity index (χ1n) is 8.65. The van der Waals surface area contributed by atoms with Crippen molar-refractivity contribution in [2.45, 2.75) is 13.3 Å². The van der Waals surface area contributed by atoms with Crippen molar-refractivity contribution >= 4 is 28.4 Å². The molecule has 1 aromatic carbocycles. The molecule has 142 valence electrons. The Kier molecular flexibility index (Phi) is 4.48. The number of nitrogens with zero attached hydrogens (tertiary/aromatic N) is 5. The number of pyridine rings is 1. The van der Waals surface area contributed by atoms with Crippen LogP contribution in [0.25, 0.3) is 10.9 Å². The summed E-state index contributed by atoms with van der Waals surface area (Å²) in [6.45, 7) is 1.46. The van der Waals surface area contributed by atoms with Gasteiger partial charge >= 0.3 is 0 Å². The minimum atomic E-state index is -0.273. The van der Waals surface area contributed by atoms with Crippen molar-refractivity contribution < 1.29 is 9.18 Å². The molecule has 0 aliphatic carbocycles. The van der Waals surface area contributed by atoms with Crippen LogP contribution in [0.1, 0.15) is 18.2 Å². The highest BCUT2D eigenvalue weighted by Gasteiger charge is 2.13. The summed E-state index contributed by atoms with van der Waals surface area (Å²) in [6.07, 6.45) is 3.68. The van der Waals surface area contributed by atoms with Gasteiger partial charge in [-0.15, -0.1) is 5.10 Å². The zero-order chi connectivity index (χ0) is 19.7. The van der Waals surface area contributed by atoms with Crippen molar-refractivity contribution in [3.05, 3.63) is 65.9 Å². The fraction of sp³-hybridized carbons (Fsp3) is 0.158. The summed E-state index contributed by atoms with van der Waals surface area (Å²) in [5.74, 6) is 0.652. The first-order chi connectivity index (χ1) is 13.5. The molecule has 3 aromatic heterocycles. The van der Waals surface area contributed by atoms with Crippen LogP contribution in [0.15, 0.2) is 48.8 Å². The van der Waals surface area contributed by atoms with Gasteiger partial charge < -0.3 is 5.32 Å². The second-order valence-electron chi connectivity index (χ2n) is 6.34. The average molecular weight is 379 g/mol. The average Bonchev–Trinajstić information content (AvgIpc) is 3.32. The molecule has 0 bridgehead atoms. The molecule has 0 spiro atoms. The second-order valence-corrected chi connectivity index (χ2v) is 6.34. The van der Waals surface area contributed by atoms with Crippen LogP contribution in [0.2, 0.25) is 0 Å². The Bertz CT molecular complexity index is 1150. The normalized spacial score (nSPS) is 11.0. The molecular weight excluding hydrogens is 361 g/mol. The minimum Gasteiger partial charge on any atom is -0.323 e. The fourth-order valence-electron chi connectivity index (χ4n) is 2.86. The summed E-state index contributed by atoms with van der Waals surface area (Å²) in [4.78, 5) is 17.5. The summed E-state index contributed by atoms with van der Waals surface area (Å²) in [7, 11) is 1.63. The molecule has 1 amide bonds. The Labute approximate surface area is 160 Å². The number of benzene rings is 1. The Morgan fingerprint density at radius 1 is 1.29 bits per heavy atom. The molecule has 28 heavy (non-hydrogen) atoms. The molecule has 0 saturated heterocycles. The van der Waals surface area contributed by atoms with Gasteiger partial charge in [-0.2, -0.15) is 9.89 Å². The van der Waals surface area contributed by atoms with Crippen molar-refractivity contribution in [1.29, 1.82) is 0 Å². The molecule has 0 fully saturated rings. The lowest BCUT2D eigenvalue weighted by Gasteiger charge is -2.14. The maximum Gasteiger partial charge on any atom is 0.239 e. The number of nitrogens with one attached hydrogen (secondary N) is 2. The third-order valence-electron chi connectivity index (χ3n) is 4.43. The number of carbonyl (C=O) groups is 1. The monoisotopic (exact) mass is 379 g/mol. The van der Waals surface area contributed by atoms with E-state index in [9.17, 15) is 9.18 Å². The first-order valence-corrected chi connectivity index (χ1v) is 8.65. The predicted molar refractivity (Wildman–Crippen MR) is 103 cm³/mol. The lowest BCUT2D eigenvalue weighted by atomic mass is 10.1. The molecule has 8 nitrogen and oxygen atoms in total. The summed E-state index contributed by atoms with van der Waals surface area (Å²) >= 11 is 0. The molecule has 4 aromatic rings.